The van der Waals surface area contributed by atoms with Crippen molar-refractivity contribution >= 4 is 82.1 Å². The summed E-state index contributed by atoms with van der Waals surface area (Å²) < 4.78 is 6.30. The second-order valence-electron chi connectivity index (χ2n) is 15.6. The van der Waals surface area contributed by atoms with E-state index < -0.39 is 0 Å². The highest BCUT2D eigenvalue weighted by Crippen LogP contribution is 2.47. The van der Waals surface area contributed by atoms with Crippen LogP contribution in [0.15, 0.2) is 229 Å². The predicted molar refractivity (Wildman–Crippen MR) is 255 cm³/mol. The Labute approximate surface area is 347 Å². The van der Waals surface area contributed by atoms with E-state index in [2.05, 4.69) is 217 Å². The topological polar surface area (TPSA) is 16.4 Å². The first kappa shape index (κ1) is 34.1. The third-order valence-electron chi connectivity index (χ3n) is 12.2. The molecule has 2 heteroatoms. The highest BCUT2D eigenvalue weighted by Gasteiger charge is 2.21. The standard InChI is InChI=1S/C58H37NO/c1-3-15-39(16-4-1)57-51-25-12-10-22-47(51)48-33-29-41(35-53(48)58(57)40-17-5-2-6-18-40)38-27-30-43(31-28-38)59(44-32-34-56-52(37-44)50-24-13-14-26-55(50)60-56)54-36-42-19-7-8-20-45(42)46-21-9-11-23-49(46)54/h1-37H. The lowest BCUT2D eigenvalue weighted by Crippen LogP contribution is -2.10. The van der Waals surface area contributed by atoms with Crippen molar-refractivity contribution in [3.8, 4) is 33.4 Å². The molecular formula is C58H37NO. The fraction of sp³-hybridized carbons (Fsp3) is 0. The van der Waals surface area contributed by atoms with Crippen LogP contribution in [0.1, 0.15) is 0 Å². The molecule has 0 unspecified atom stereocenters. The van der Waals surface area contributed by atoms with Crippen LogP contribution in [0.5, 0.6) is 0 Å². The summed E-state index contributed by atoms with van der Waals surface area (Å²) >= 11 is 0. The van der Waals surface area contributed by atoms with Gasteiger partial charge in [-0.1, -0.05) is 176 Å². The molecule has 0 aliphatic carbocycles. The van der Waals surface area contributed by atoms with Gasteiger partial charge in [-0.25, -0.2) is 0 Å². The van der Waals surface area contributed by atoms with Gasteiger partial charge in [0.25, 0.3) is 0 Å². The van der Waals surface area contributed by atoms with E-state index in [1.807, 2.05) is 12.1 Å². The van der Waals surface area contributed by atoms with E-state index >= 15 is 0 Å². The Morgan fingerprint density at radius 2 is 0.783 bits per heavy atom. The first-order chi connectivity index (χ1) is 29.8. The molecule has 0 N–H and O–H groups in total. The van der Waals surface area contributed by atoms with E-state index in [9.17, 15) is 0 Å². The maximum atomic E-state index is 6.30. The maximum absolute atomic E-state index is 6.30. The molecule has 0 radical (unpaired) electrons. The summed E-state index contributed by atoms with van der Waals surface area (Å²) in [6.45, 7) is 0. The van der Waals surface area contributed by atoms with Crippen LogP contribution in [0, 0.1) is 0 Å². The van der Waals surface area contributed by atoms with Crippen LogP contribution in [0.25, 0.3) is 98.4 Å². The molecule has 2 nitrogen and oxygen atoms in total. The number of rotatable bonds is 6. The Kier molecular flexibility index (Phi) is 7.89. The molecule has 0 amide bonds. The molecule has 0 fully saturated rings. The van der Waals surface area contributed by atoms with E-state index in [-0.39, 0.29) is 0 Å². The van der Waals surface area contributed by atoms with E-state index in [1.54, 1.807) is 0 Å². The molecule has 0 aliphatic heterocycles. The van der Waals surface area contributed by atoms with Crippen molar-refractivity contribution < 1.29 is 4.42 Å². The van der Waals surface area contributed by atoms with Gasteiger partial charge < -0.3 is 9.32 Å². The molecule has 60 heavy (non-hydrogen) atoms. The minimum absolute atomic E-state index is 0.882. The number of para-hydroxylation sites is 1. The minimum atomic E-state index is 0.882. The summed E-state index contributed by atoms with van der Waals surface area (Å²) in [5.41, 5.74) is 12.3. The SMILES string of the molecule is c1ccc(-c2c(-c3ccccc3)c3cc(-c4ccc(N(c5ccc6oc7ccccc7c6c5)c5cc6ccccc6c6ccccc56)cc4)ccc3c3ccccc23)cc1. The zero-order valence-electron chi connectivity index (χ0n) is 32.7. The summed E-state index contributed by atoms with van der Waals surface area (Å²) in [5, 5.41) is 12.1. The van der Waals surface area contributed by atoms with E-state index in [4.69, 9.17) is 4.42 Å². The Morgan fingerprint density at radius 1 is 0.267 bits per heavy atom. The quantitative estimate of drug-likeness (QED) is 0.157. The highest BCUT2D eigenvalue weighted by atomic mass is 16.3. The fourth-order valence-electron chi connectivity index (χ4n) is 9.48. The van der Waals surface area contributed by atoms with Gasteiger partial charge in [-0.15, -0.1) is 0 Å². The van der Waals surface area contributed by atoms with Gasteiger partial charge >= 0.3 is 0 Å². The van der Waals surface area contributed by atoms with Gasteiger partial charge in [0, 0.05) is 27.5 Å². The van der Waals surface area contributed by atoms with Crippen LogP contribution in [0.3, 0.4) is 0 Å². The molecule has 0 bridgehead atoms. The van der Waals surface area contributed by atoms with E-state index in [1.165, 1.54) is 70.9 Å². The van der Waals surface area contributed by atoms with Gasteiger partial charge in [0.2, 0.25) is 0 Å². The largest absolute Gasteiger partial charge is 0.456 e. The zero-order chi connectivity index (χ0) is 39.6. The smallest absolute Gasteiger partial charge is 0.135 e. The number of hydrogen-bond donors (Lipinski definition) is 0. The second kappa shape index (κ2) is 13.9. The van der Waals surface area contributed by atoms with Crippen LogP contribution in [-0.2, 0) is 0 Å². The molecule has 280 valence electrons. The third-order valence-corrected chi connectivity index (χ3v) is 12.2. The summed E-state index contributed by atoms with van der Waals surface area (Å²) in [5.74, 6) is 0. The van der Waals surface area contributed by atoms with E-state index in [0.717, 1.165) is 44.6 Å². The van der Waals surface area contributed by atoms with Crippen molar-refractivity contribution in [1.82, 2.24) is 0 Å². The predicted octanol–water partition coefficient (Wildman–Crippen LogP) is 16.7. The lowest BCUT2D eigenvalue weighted by atomic mass is 9.84. The minimum Gasteiger partial charge on any atom is -0.456 e. The zero-order valence-corrected chi connectivity index (χ0v) is 32.7. The fourth-order valence-corrected chi connectivity index (χ4v) is 9.48. The first-order valence-electron chi connectivity index (χ1n) is 20.6. The van der Waals surface area contributed by atoms with Gasteiger partial charge in [-0.2, -0.15) is 0 Å². The van der Waals surface area contributed by atoms with Crippen LogP contribution >= 0.6 is 0 Å². The van der Waals surface area contributed by atoms with Crippen LogP contribution in [0.2, 0.25) is 0 Å². The number of furan rings is 1. The first-order valence-corrected chi connectivity index (χ1v) is 20.6. The van der Waals surface area contributed by atoms with Crippen LogP contribution < -0.4 is 4.90 Å². The molecule has 0 atom stereocenters. The Balaban J connectivity index is 1.06. The number of anilines is 3. The molecule has 1 heterocycles. The summed E-state index contributed by atoms with van der Waals surface area (Å²) in [4.78, 5) is 2.41. The van der Waals surface area contributed by atoms with Gasteiger partial charge in [0.05, 0.1) is 5.69 Å². The summed E-state index contributed by atoms with van der Waals surface area (Å²) in [6, 6.07) is 81.4. The monoisotopic (exact) mass is 763 g/mol. The van der Waals surface area contributed by atoms with Crippen LogP contribution in [0.4, 0.5) is 17.1 Å². The average Bonchev–Trinajstić information content (AvgIpc) is 3.70. The lowest BCUT2D eigenvalue weighted by molar-refractivity contribution is 0.669. The molecule has 0 spiro atoms. The summed E-state index contributed by atoms with van der Waals surface area (Å²) in [7, 11) is 0. The molecule has 0 aliphatic rings. The molecule has 12 aromatic rings. The molecule has 0 saturated carbocycles. The second-order valence-corrected chi connectivity index (χ2v) is 15.6. The lowest BCUT2D eigenvalue weighted by Gasteiger charge is -2.28. The van der Waals surface area contributed by atoms with Gasteiger partial charge in [-0.05, 0) is 120 Å². The van der Waals surface area contributed by atoms with Crippen LogP contribution in [-0.4, -0.2) is 0 Å². The molecular weight excluding hydrogens is 727 g/mol. The maximum Gasteiger partial charge on any atom is 0.135 e. The molecule has 11 aromatic carbocycles. The highest BCUT2D eigenvalue weighted by molar-refractivity contribution is 6.22. The Morgan fingerprint density at radius 3 is 1.52 bits per heavy atom. The Bertz CT molecular complexity index is 3590. The molecule has 1 aromatic heterocycles. The van der Waals surface area contributed by atoms with Gasteiger partial charge in [0.15, 0.2) is 0 Å². The van der Waals surface area contributed by atoms with Crippen molar-refractivity contribution in [3.63, 3.8) is 0 Å². The number of benzene rings is 11. The van der Waals surface area contributed by atoms with Crippen molar-refractivity contribution in [2.75, 3.05) is 4.90 Å². The Hall–Kier alpha value is -7.94. The number of hydrogen-bond acceptors (Lipinski definition) is 2. The molecule has 12 rings (SSSR count). The van der Waals surface area contributed by atoms with Crippen molar-refractivity contribution in [2.24, 2.45) is 0 Å². The van der Waals surface area contributed by atoms with Gasteiger partial charge in [0.1, 0.15) is 11.2 Å². The average molecular weight is 764 g/mol. The van der Waals surface area contributed by atoms with Crippen molar-refractivity contribution in [2.45, 2.75) is 0 Å². The van der Waals surface area contributed by atoms with Gasteiger partial charge in [-0.3, -0.25) is 0 Å². The number of nitrogens with zero attached hydrogens (tertiary/aromatic N) is 1. The van der Waals surface area contributed by atoms with Crippen molar-refractivity contribution in [1.29, 1.82) is 0 Å². The van der Waals surface area contributed by atoms with Crippen molar-refractivity contribution in [3.05, 3.63) is 224 Å². The third kappa shape index (κ3) is 5.50. The number of fused-ring (bicyclic) bond motifs is 9. The summed E-state index contributed by atoms with van der Waals surface area (Å²) in [6.07, 6.45) is 0. The normalized spacial score (nSPS) is 11.7. The molecule has 0 saturated heterocycles. The van der Waals surface area contributed by atoms with E-state index in [0.29, 0.717) is 0 Å².